The molecule has 1 heterocycles. The molecule has 1 saturated heterocycles. The molecule has 7 heteroatoms. The summed E-state index contributed by atoms with van der Waals surface area (Å²) in [6.45, 7) is -0.140. The Hall–Kier alpha value is -2.44. The van der Waals surface area contributed by atoms with Crippen molar-refractivity contribution in [3.8, 4) is 0 Å². The van der Waals surface area contributed by atoms with Crippen molar-refractivity contribution >= 4 is 23.5 Å². The normalized spacial score (nSPS) is 20.8. The van der Waals surface area contributed by atoms with E-state index in [9.17, 15) is 18.8 Å². The zero-order valence-corrected chi connectivity index (χ0v) is 13.9. The molecule has 3 rings (SSSR count). The van der Waals surface area contributed by atoms with Gasteiger partial charge in [-0.2, -0.15) is 0 Å². The Kier molecular flexibility index (Phi) is 5.31. The summed E-state index contributed by atoms with van der Waals surface area (Å²) in [4.78, 5) is 37.8. The number of likely N-dealkylation sites (tertiary alicyclic amines) is 1. The zero-order chi connectivity index (χ0) is 17.8. The first-order valence-corrected chi connectivity index (χ1v) is 8.55. The Balaban J connectivity index is 1.47. The van der Waals surface area contributed by atoms with Crippen LogP contribution >= 0.6 is 0 Å². The van der Waals surface area contributed by atoms with E-state index in [-0.39, 0.29) is 24.1 Å². The first-order valence-electron chi connectivity index (χ1n) is 8.55. The van der Waals surface area contributed by atoms with E-state index in [1.807, 2.05) is 0 Å². The Bertz CT molecular complexity index is 673. The van der Waals surface area contributed by atoms with Gasteiger partial charge >= 0.3 is 5.97 Å². The molecule has 1 saturated carbocycles. The fraction of sp³-hybridized carbons (Fsp3) is 0.500. The second-order valence-corrected chi connectivity index (χ2v) is 6.52. The molecule has 0 unspecified atom stereocenters. The number of carbonyl (C=O) groups is 3. The number of hydrogen-bond acceptors (Lipinski definition) is 4. The number of carbonyl (C=O) groups excluding carboxylic acids is 3. The maximum atomic E-state index is 13.5. The second-order valence-electron chi connectivity index (χ2n) is 6.52. The van der Waals surface area contributed by atoms with E-state index in [1.165, 1.54) is 18.2 Å². The third-order valence-corrected chi connectivity index (χ3v) is 4.75. The number of nitrogens with zero attached hydrogens (tertiary/aromatic N) is 1. The SMILES string of the molecule is O=C(COC(=O)[C@@H]1CC(=O)N(C2CCCC2)C1)Nc1ccccc1F. The molecule has 1 aliphatic carbocycles. The van der Waals surface area contributed by atoms with Crippen molar-refractivity contribution in [2.75, 3.05) is 18.5 Å². The quantitative estimate of drug-likeness (QED) is 0.827. The van der Waals surface area contributed by atoms with Crippen LogP contribution in [0.3, 0.4) is 0 Å². The molecule has 0 spiro atoms. The predicted octanol–water partition coefficient (Wildman–Crippen LogP) is 2.10. The number of amides is 2. The molecule has 0 radical (unpaired) electrons. The molecule has 1 atom stereocenters. The summed E-state index contributed by atoms with van der Waals surface area (Å²) in [5.41, 5.74) is 0.0343. The van der Waals surface area contributed by atoms with Crippen LogP contribution in [0.5, 0.6) is 0 Å². The standard InChI is InChI=1S/C18H21FN2O4/c19-14-7-3-4-8-15(14)20-16(22)11-25-18(24)12-9-17(23)21(10-12)13-5-1-2-6-13/h3-4,7-8,12-13H,1-2,5-6,9-11H2,(H,20,22)/t12-/m1/s1. The van der Waals surface area contributed by atoms with Gasteiger partial charge in [0.15, 0.2) is 6.61 Å². The average Bonchev–Trinajstić information content (AvgIpc) is 3.24. The van der Waals surface area contributed by atoms with Crippen LogP contribution in [-0.4, -0.2) is 41.9 Å². The summed E-state index contributed by atoms with van der Waals surface area (Å²) >= 11 is 0. The van der Waals surface area contributed by atoms with Gasteiger partial charge in [0.2, 0.25) is 5.91 Å². The van der Waals surface area contributed by atoms with Crippen LogP contribution < -0.4 is 5.32 Å². The number of benzene rings is 1. The lowest BCUT2D eigenvalue weighted by Gasteiger charge is -2.23. The molecule has 0 aromatic heterocycles. The van der Waals surface area contributed by atoms with Crippen molar-refractivity contribution < 1.29 is 23.5 Å². The van der Waals surface area contributed by atoms with Crippen molar-refractivity contribution in [1.82, 2.24) is 4.90 Å². The summed E-state index contributed by atoms with van der Waals surface area (Å²) in [5, 5.41) is 2.35. The molecule has 1 aromatic carbocycles. The molecular formula is C18H21FN2O4. The predicted molar refractivity (Wildman–Crippen MR) is 88.1 cm³/mol. The molecule has 134 valence electrons. The number of anilines is 1. The van der Waals surface area contributed by atoms with E-state index in [4.69, 9.17) is 4.74 Å². The van der Waals surface area contributed by atoms with Crippen molar-refractivity contribution in [3.63, 3.8) is 0 Å². The van der Waals surface area contributed by atoms with Crippen LogP contribution in [0, 0.1) is 11.7 Å². The van der Waals surface area contributed by atoms with Crippen molar-refractivity contribution in [2.45, 2.75) is 38.1 Å². The summed E-state index contributed by atoms with van der Waals surface area (Å²) in [5.74, 6) is -2.29. The van der Waals surface area contributed by atoms with Gasteiger partial charge in [-0.25, -0.2) is 4.39 Å². The molecular weight excluding hydrogens is 327 g/mol. The Labute approximate surface area is 145 Å². The minimum atomic E-state index is -0.615. The topological polar surface area (TPSA) is 75.7 Å². The van der Waals surface area contributed by atoms with Gasteiger partial charge in [-0.1, -0.05) is 25.0 Å². The average molecular weight is 348 g/mol. The van der Waals surface area contributed by atoms with Crippen LogP contribution in [0.2, 0.25) is 0 Å². The van der Waals surface area contributed by atoms with Crippen molar-refractivity contribution in [2.24, 2.45) is 5.92 Å². The lowest BCUT2D eigenvalue weighted by Crippen LogP contribution is -2.35. The first kappa shape index (κ1) is 17.4. The monoisotopic (exact) mass is 348 g/mol. The Morgan fingerprint density at radius 1 is 1.24 bits per heavy atom. The van der Waals surface area contributed by atoms with Gasteiger partial charge in [0, 0.05) is 19.0 Å². The number of hydrogen-bond donors (Lipinski definition) is 1. The van der Waals surface area contributed by atoms with Gasteiger partial charge in [0.25, 0.3) is 5.91 Å². The number of halogens is 1. The molecule has 2 aliphatic rings. The van der Waals surface area contributed by atoms with Crippen LogP contribution in [0.4, 0.5) is 10.1 Å². The van der Waals surface area contributed by atoms with E-state index in [0.29, 0.717) is 6.54 Å². The maximum Gasteiger partial charge on any atom is 0.311 e. The number of para-hydroxylation sites is 1. The molecule has 2 fully saturated rings. The van der Waals surface area contributed by atoms with E-state index in [1.54, 1.807) is 11.0 Å². The highest BCUT2D eigenvalue weighted by Crippen LogP contribution is 2.29. The van der Waals surface area contributed by atoms with Crippen LogP contribution in [0.25, 0.3) is 0 Å². The molecule has 25 heavy (non-hydrogen) atoms. The lowest BCUT2D eigenvalue weighted by molar-refractivity contribution is -0.151. The van der Waals surface area contributed by atoms with Gasteiger partial charge < -0.3 is 15.0 Å². The van der Waals surface area contributed by atoms with Gasteiger partial charge in [-0.3, -0.25) is 14.4 Å². The molecule has 1 aliphatic heterocycles. The van der Waals surface area contributed by atoms with Gasteiger partial charge in [0.1, 0.15) is 5.82 Å². The largest absolute Gasteiger partial charge is 0.455 e. The number of nitrogens with one attached hydrogen (secondary N) is 1. The minimum absolute atomic E-state index is 0.0235. The fourth-order valence-electron chi connectivity index (χ4n) is 3.46. The Morgan fingerprint density at radius 3 is 2.68 bits per heavy atom. The lowest BCUT2D eigenvalue weighted by atomic mass is 10.1. The third-order valence-electron chi connectivity index (χ3n) is 4.75. The number of esters is 1. The van der Waals surface area contributed by atoms with Crippen molar-refractivity contribution in [1.29, 1.82) is 0 Å². The van der Waals surface area contributed by atoms with Crippen LogP contribution in [0.1, 0.15) is 32.1 Å². The first-order chi connectivity index (χ1) is 12.0. The summed E-state index contributed by atoms with van der Waals surface area (Å²) in [7, 11) is 0. The van der Waals surface area contributed by atoms with Gasteiger partial charge in [-0.05, 0) is 25.0 Å². The summed E-state index contributed by atoms with van der Waals surface area (Å²) in [6, 6.07) is 5.98. The second kappa shape index (κ2) is 7.63. The minimum Gasteiger partial charge on any atom is -0.455 e. The van der Waals surface area contributed by atoms with Crippen LogP contribution in [0.15, 0.2) is 24.3 Å². The van der Waals surface area contributed by atoms with E-state index in [0.717, 1.165) is 25.7 Å². The van der Waals surface area contributed by atoms with Crippen molar-refractivity contribution in [3.05, 3.63) is 30.1 Å². The highest BCUT2D eigenvalue weighted by atomic mass is 19.1. The maximum absolute atomic E-state index is 13.5. The molecule has 0 bridgehead atoms. The smallest absolute Gasteiger partial charge is 0.311 e. The molecule has 1 aromatic rings. The highest BCUT2D eigenvalue weighted by Gasteiger charge is 2.39. The summed E-state index contributed by atoms with van der Waals surface area (Å²) in [6.07, 6.45) is 4.32. The Morgan fingerprint density at radius 2 is 1.96 bits per heavy atom. The molecule has 2 amide bonds. The zero-order valence-electron chi connectivity index (χ0n) is 13.9. The van der Waals surface area contributed by atoms with E-state index >= 15 is 0 Å². The number of ether oxygens (including phenoxy) is 1. The summed E-state index contributed by atoms with van der Waals surface area (Å²) < 4.78 is 18.5. The van der Waals surface area contributed by atoms with Crippen LogP contribution in [-0.2, 0) is 19.1 Å². The molecule has 1 N–H and O–H groups in total. The van der Waals surface area contributed by atoms with Gasteiger partial charge in [-0.15, -0.1) is 0 Å². The highest BCUT2D eigenvalue weighted by molar-refractivity contribution is 5.93. The molecule has 6 nitrogen and oxygen atoms in total. The fourth-order valence-corrected chi connectivity index (χ4v) is 3.46. The van der Waals surface area contributed by atoms with E-state index in [2.05, 4.69) is 5.32 Å². The van der Waals surface area contributed by atoms with E-state index < -0.39 is 30.2 Å². The number of rotatable bonds is 5. The third kappa shape index (κ3) is 4.15. The van der Waals surface area contributed by atoms with Gasteiger partial charge in [0.05, 0.1) is 11.6 Å².